The van der Waals surface area contributed by atoms with E-state index in [-0.39, 0.29) is 12.2 Å². The molecule has 1 fully saturated rings. The number of nitrogens with zero attached hydrogens (tertiary/aromatic N) is 1. The van der Waals surface area contributed by atoms with Crippen molar-refractivity contribution in [2.75, 3.05) is 11.4 Å². The lowest BCUT2D eigenvalue weighted by Gasteiger charge is -2.12. The molecule has 1 atom stereocenters. The van der Waals surface area contributed by atoms with E-state index in [0.29, 0.717) is 6.54 Å². The first-order chi connectivity index (χ1) is 6.66. The first kappa shape index (κ1) is 9.06. The summed E-state index contributed by atoms with van der Waals surface area (Å²) in [6, 6.07) is 7.86. The number of ether oxygens (including phenoxy) is 1. The van der Waals surface area contributed by atoms with Crippen LogP contribution in [-0.4, -0.2) is 18.7 Å². The number of carbonyl (C=O) groups excluding carboxylic acids is 1. The van der Waals surface area contributed by atoms with Crippen LogP contribution in [0.25, 0.3) is 0 Å². The molecule has 74 valence electrons. The summed E-state index contributed by atoms with van der Waals surface area (Å²) in [5.41, 5.74) is 2.10. The zero-order valence-corrected chi connectivity index (χ0v) is 8.36. The number of carbonyl (C=O) groups is 1. The van der Waals surface area contributed by atoms with Crippen LogP contribution in [-0.2, 0) is 4.74 Å². The van der Waals surface area contributed by atoms with Crippen LogP contribution in [0.2, 0.25) is 0 Å². The van der Waals surface area contributed by atoms with Gasteiger partial charge in [-0.05, 0) is 26.0 Å². The van der Waals surface area contributed by atoms with Gasteiger partial charge in [-0.3, -0.25) is 4.90 Å². The minimum atomic E-state index is -0.249. The van der Waals surface area contributed by atoms with Gasteiger partial charge in [0.1, 0.15) is 6.10 Å². The monoisotopic (exact) mass is 191 g/mol. The molecule has 0 bridgehead atoms. The summed E-state index contributed by atoms with van der Waals surface area (Å²) in [4.78, 5) is 13.0. The molecule has 2 rings (SSSR count). The van der Waals surface area contributed by atoms with Gasteiger partial charge >= 0.3 is 6.09 Å². The third kappa shape index (κ3) is 1.58. The van der Waals surface area contributed by atoms with Gasteiger partial charge in [0.05, 0.1) is 6.54 Å². The van der Waals surface area contributed by atoms with Gasteiger partial charge in [-0.25, -0.2) is 4.79 Å². The third-order valence-electron chi connectivity index (χ3n) is 2.31. The van der Waals surface area contributed by atoms with Crippen molar-refractivity contribution in [3.05, 3.63) is 29.8 Å². The van der Waals surface area contributed by atoms with Crippen molar-refractivity contribution in [3.8, 4) is 0 Å². The van der Waals surface area contributed by atoms with Crippen LogP contribution >= 0.6 is 0 Å². The fourth-order valence-corrected chi connectivity index (χ4v) is 1.54. The quantitative estimate of drug-likeness (QED) is 0.681. The van der Waals surface area contributed by atoms with Crippen molar-refractivity contribution in [2.24, 2.45) is 0 Å². The summed E-state index contributed by atoms with van der Waals surface area (Å²) >= 11 is 0. The second-order valence-electron chi connectivity index (χ2n) is 3.64. The van der Waals surface area contributed by atoms with Crippen LogP contribution in [0.3, 0.4) is 0 Å². The van der Waals surface area contributed by atoms with E-state index >= 15 is 0 Å². The van der Waals surface area contributed by atoms with Crippen molar-refractivity contribution in [1.82, 2.24) is 0 Å². The van der Waals surface area contributed by atoms with E-state index in [1.54, 1.807) is 4.90 Å². The smallest absolute Gasteiger partial charge is 0.414 e. The van der Waals surface area contributed by atoms with E-state index in [1.165, 1.54) is 5.56 Å². The molecule has 3 heteroatoms. The van der Waals surface area contributed by atoms with E-state index < -0.39 is 0 Å². The topological polar surface area (TPSA) is 29.5 Å². The van der Waals surface area contributed by atoms with Gasteiger partial charge in [0.15, 0.2) is 0 Å². The minimum Gasteiger partial charge on any atom is -0.444 e. The first-order valence-corrected chi connectivity index (χ1v) is 4.71. The Bertz CT molecular complexity index is 345. The largest absolute Gasteiger partial charge is 0.444 e. The number of aryl methyl sites for hydroxylation is 1. The van der Waals surface area contributed by atoms with Crippen molar-refractivity contribution >= 4 is 11.8 Å². The van der Waals surface area contributed by atoms with Gasteiger partial charge in [-0.15, -0.1) is 0 Å². The Balaban J connectivity index is 2.23. The van der Waals surface area contributed by atoms with Crippen LogP contribution in [0, 0.1) is 6.92 Å². The average Bonchev–Trinajstić information content (AvgIpc) is 2.47. The van der Waals surface area contributed by atoms with Gasteiger partial charge in [-0.1, -0.05) is 17.7 Å². The molecule has 0 spiro atoms. The lowest BCUT2D eigenvalue weighted by atomic mass is 10.2. The Morgan fingerprint density at radius 2 is 2.00 bits per heavy atom. The van der Waals surface area contributed by atoms with Crippen LogP contribution < -0.4 is 4.90 Å². The molecule has 1 aromatic rings. The lowest BCUT2D eigenvalue weighted by molar-refractivity contribution is 0.150. The van der Waals surface area contributed by atoms with Crippen molar-refractivity contribution in [3.63, 3.8) is 0 Å². The van der Waals surface area contributed by atoms with Crippen molar-refractivity contribution < 1.29 is 9.53 Å². The standard InChI is InChI=1S/C11H13NO2/c1-8-3-5-10(6-4-8)12-7-9(2)14-11(12)13/h3-6,9H,7H2,1-2H3/t9-/m1/s1. The highest BCUT2D eigenvalue weighted by Gasteiger charge is 2.28. The minimum absolute atomic E-state index is 0.0104. The average molecular weight is 191 g/mol. The Morgan fingerprint density at radius 1 is 1.36 bits per heavy atom. The molecule has 0 N–H and O–H groups in total. The third-order valence-corrected chi connectivity index (χ3v) is 2.31. The second-order valence-corrected chi connectivity index (χ2v) is 3.64. The zero-order chi connectivity index (χ0) is 10.1. The number of cyclic esters (lactones) is 1. The molecular weight excluding hydrogens is 178 g/mol. The molecule has 1 aromatic carbocycles. The molecule has 14 heavy (non-hydrogen) atoms. The molecule has 1 heterocycles. The summed E-state index contributed by atoms with van der Waals surface area (Å²) < 4.78 is 5.05. The summed E-state index contributed by atoms with van der Waals surface area (Å²) in [7, 11) is 0. The van der Waals surface area contributed by atoms with Crippen LogP contribution in [0.1, 0.15) is 12.5 Å². The molecular formula is C11H13NO2. The van der Waals surface area contributed by atoms with Crippen LogP contribution in [0.4, 0.5) is 10.5 Å². The van der Waals surface area contributed by atoms with Crippen LogP contribution in [0.5, 0.6) is 0 Å². The summed E-state index contributed by atoms with van der Waals surface area (Å²) in [6.45, 7) is 4.56. The molecule has 1 saturated heterocycles. The molecule has 0 radical (unpaired) electrons. The van der Waals surface area contributed by atoms with Gasteiger partial charge in [-0.2, -0.15) is 0 Å². The van der Waals surface area contributed by atoms with E-state index in [4.69, 9.17) is 4.74 Å². The number of benzene rings is 1. The second kappa shape index (κ2) is 3.33. The first-order valence-electron chi connectivity index (χ1n) is 4.71. The summed E-state index contributed by atoms with van der Waals surface area (Å²) in [6.07, 6.45) is -0.259. The molecule has 0 aliphatic carbocycles. The predicted molar refractivity (Wildman–Crippen MR) is 54.5 cm³/mol. The Labute approximate surface area is 83.3 Å². The van der Waals surface area contributed by atoms with Crippen molar-refractivity contribution in [2.45, 2.75) is 20.0 Å². The highest BCUT2D eigenvalue weighted by molar-refractivity contribution is 5.89. The van der Waals surface area contributed by atoms with Gasteiger partial charge in [0, 0.05) is 5.69 Å². The van der Waals surface area contributed by atoms with E-state index in [2.05, 4.69) is 0 Å². The number of anilines is 1. The molecule has 1 aliphatic rings. The molecule has 0 saturated carbocycles. The SMILES string of the molecule is Cc1ccc(N2C[C@@H](C)OC2=O)cc1. The van der Waals surface area contributed by atoms with Gasteiger partial charge in [0.25, 0.3) is 0 Å². The maximum Gasteiger partial charge on any atom is 0.414 e. The molecule has 1 amide bonds. The Hall–Kier alpha value is -1.51. The zero-order valence-electron chi connectivity index (χ0n) is 8.36. The molecule has 1 aliphatic heterocycles. The van der Waals surface area contributed by atoms with E-state index in [1.807, 2.05) is 38.1 Å². The lowest BCUT2D eigenvalue weighted by Crippen LogP contribution is -2.23. The normalized spacial score (nSPS) is 21.1. The molecule has 3 nitrogen and oxygen atoms in total. The van der Waals surface area contributed by atoms with Crippen LogP contribution in [0.15, 0.2) is 24.3 Å². The fourth-order valence-electron chi connectivity index (χ4n) is 1.54. The highest BCUT2D eigenvalue weighted by atomic mass is 16.6. The molecule has 0 unspecified atom stereocenters. The number of hydrogen-bond donors (Lipinski definition) is 0. The molecule has 0 aromatic heterocycles. The predicted octanol–water partition coefficient (Wildman–Crippen LogP) is 2.34. The maximum absolute atomic E-state index is 11.4. The number of hydrogen-bond acceptors (Lipinski definition) is 2. The van der Waals surface area contributed by atoms with Gasteiger partial charge in [0.2, 0.25) is 0 Å². The van der Waals surface area contributed by atoms with Crippen molar-refractivity contribution in [1.29, 1.82) is 0 Å². The highest BCUT2D eigenvalue weighted by Crippen LogP contribution is 2.21. The van der Waals surface area contributed by atoms with E-state index in [0.717, 1.165) is 5.69 Å². The Morgan fingerprint density at radius 3 is 2.50 bits per heavy atom. The number of amides is 1. The summed E-state index contributed by atoms with van der Waals surface area (Å²) in [5.74, 6) is 0. The Kier molecular flexibility index (Phi) is 2.15. The maximum atomic E-state index is 11.4. The number of rotatable bonds is 1. The summed E-state index contributed by atoms with van der Waals surface area (Å²) in [5, 5.41) is 0. The van der Waals surface area contributed by atoms with E-state index in [9.17, 15) is 4.79 Å². The van der Waals surface area contributed by atoms with Gasteiger partial charge < -0.3 is 4.74 Å². The fraction of sp³-hybridized carbons (Fsp3) is 0.364.